The lowest BCUT2D eigenvalue weighted by Gasteiger charge is -2.25. The Hall–Kier alpha value is -1.91. The normalized spacial score (nSPS) is 14.9. The van der Waals surface area contributed by atoms with E-state index >= 15 is 0 Å². The lowest BCUT2D eigenvalue weighted by atomic mass is 9.97. The van der Waals surface area contributed by atoms with Gasteiger partial charge in [0.15, 0.2) is 0 Å². The van der Waals surface area contributed by atoms with Crippen LogP contribution in [0.15, 0.2) is 80.7 Å². The summed E-state index contributed by atoms with van der Waals surface area (Å²) in [4.78, 5) is 4.95. The number of aryl methyl sites for hydroxylation is 1. The number of ether oxygens (including phenoxy) is 1. The van der Waals surface area contributed by atoms with Gasteiger partial charge in [0.2, 0.25) is 6.23 Å². The summed E-state index contributed by atoms with van der Waals surface area (Å²) < 4.78 is 8.28. The molecule has 0 fully saturated rings. The number of nitrogens with zero attached hydrogens (tertiary/aromatic N) is 1. The van der Waals surface area contributed by atoms with Crippen molar-refractivity contribution in [3.8, 4) is 5.75 Å². The molecule has 0 aromatic heterocycles. The minimum atomic E-state index is -0.319. The molecule has 28 heavy (non-hydrogen) atoms. The lowest BCUT2D eigenvalue weighted by molar-refractivity contribution is 0.210. The number of rotatable bonds is 3. The predicted octanol–water partition coefficient (Wildman–Crippen LogP) is 7.67. The molecule has 1 aliphatic rings. The second-order valence-corrected chi connectivity index (χ2v) is 8.18. The molecule has 0 spiro atoms. The van der Waals surface area contributed by atoms with Crippen LogP contribution in [-0.2, 0) is 6.42 Å². The van der Waals surface area contributed by atoms with E-state index in [0.29, 0.717) is 0 Å². The van der Waals surface area contributed by atoms with Crippen LogP contribution in [-0.4, -0.2) is 5.71 Å². The summed E-state index contributed by atoms with van der Waals surface area (Å²) in [6, 6.07) is 22.7. The van der Waals surface area contributed by atoms with Gasteiger partial charge in [-0.25, -0.2) is 4.99 Å². The Morgan fingerprint density at radius 2 is 1.57 bits per heavy atom. The second kappa shape index (κ2) is 9.53. The summed E-state index contributed by atoms with van der Waals surface area (Å²) in [7, 11) is 0. The topological polar surface area (TPSA) is 21.6 Å². The third-order valence-corrected chi connectivity index (χ3v) is 5.51. The van der Waals surface area contributed by atoms with Gasteiger partial charge in [-0.2, -0.15) is 0 Å². The molecule has 0 N–H and O–H groups in total. The SMILES string of the molecule is CC.Cc1ccc(Br)cc1CC1=NC(c2ccccc2)Oc2cc(Br)ccc21. The van der Waals surface area contributed by atoms with Crippen molar-refractivity contribution < 1.29 is 4.74 Å². The zero-order valence-corrected chi connectivity index (χ0v) is 19.4. The van der Waals surface area contributed by atoms with Gasteiger partial charge in [-0.05, 0) is 48.4 Å². The monoisotopic (exact) mass is 499 g/mol. The van der Waals surface area contributed by atoms with Crippen LogP contribution in [0.5, 0.6) is 5.75 Å². The maximum Gasteiger partial charge on any atom is 0.216 e. The van der Waals surface area contributed by atoms with Crippen LogP contribution in [0.25, 0.3) is 0 Å². The van der Waals surface area contributed by atoms with E-state index in [-0.39, 0.29) is 6.23 Å². The molecule has 0 saturated carbocycles. The van der Waals surface area contributed by atoms with Crippen LogP contribution in [0.3, 0.4) is 0 Å². The van der Waals surface area contributed by atoms with Gasteiger partial charge in [0.05, 0.1) is 5.71 Å². The highest BCUT2D eigenvalue weighted by molar-refractivity contribution is 9.10. The minimum Gasteiger partial charge on any atom is -0.464 e. The number of benzene rings is 3. The summed E-state index contributed by atoms with van der Waals surface area (Å²) in [5.41, 5.74) is 5.69. The molecule has 1 aliphatic heterocycles. The highest BCUT2D eigenvalue weighted by atomic mass is 79.9. The van der Waals surface area contributed by atoms with Crippen LogP contribution in [0.2, 0.25) is 0 Å². The van der Waals surface area contributed by atoms with Crippen LogP contribution in [0.4, 0.5) is 0 Å². The molecule has 4 rings (SSSR count). The summed E-state index contributed by atoms with van der Waals surface area (Å²) in [6.07, 6.45) is 0.451. The Labute approximate surface area is 183 Å². The van der Waals surface area contributed by atoms with E-state index in [1.54, 1.807) is 0 Å². The van der Waals surface area contributed by atoms with E-state index in [9.17, 15) is 0 Å². The quantitative estimate of drug-likeness (QED) is 0.361. The highest BCUT2D eigenvalue weighted by Crippen LogP contribution is 2.35. The molecule has 2 nitrogen and oxygen atoms in total. The van der Waals surface area contributed by atoms with E-state index < -0.39 is 0 Å². The molecule has 1 heterocycles. The molecule has 3 aromatic rings. The first-order chi connectivity index (χ1) is 13.6. The van der Waals surface area contributed by atoms with Crippen molar-refractivity contribution in [1.82, 2.24) is 0 Å². The first-order valence-corrected chi connectivity index (χ1v) is 11.0. The fourth-order valence-electron chi connectivity index (χ4n) is 3.10. The van der Waals surface area contributed by atoms with E-state index in [1.807, 2.05) is 44.2 Å². The standard InChI is InChI=1S/C22H17Br2NO.C2H6/c1-14-7-8-17(23)11-16(14)12-20-19-10-9-18(24)13-21(19)26-22(25-20)15-5-3-2-4-6-15;1-2/h2-11,13,22H,12H2,1H3;1-2H3. The number of hydrogen-bond acceptors (Lipinski definition) is 2. The molecule has 0 saturated heterocycles. The van der Waals surface area contributed by atoms with E-state index in [4.69, 9.17) is 9.73 Å². The molecule has 0 radical (unpaired) electrons. The minimum absolute atomic E-state index is 0.319. The van der Waals surface area contributed by atoms with Crippen molar-refractivity contribution in [1.29, 1.82) is 0 Å². The highest BCUT2D eigenvalue weighted by Gasteiger charge is 2.24. The second-order valence-electron chi connectivity index (χ2n) is 6.34. The van der Waals surface area contributed by atoms with Gasteiger partial charge in [-0.15, -0.1) is 0 Å². The first kappa shape index (κ1) is 20.8. The molecule has 1 atom stereocenters. The van der Waals surface area contributed by atoms with Gasteiger partial charge in [0.25, 0.3) is 0 Å². The summed E-state index contributed by atoms with van der Waals surface area (Å²) in [6.45, 7) is 6.14. The molecule has 1 unspecified atom stereocenters. The van der Waals surface area contributed by atoms with E-state index in [2.05, 4.69) is 75.2 Å². The van der Waals surface area contributed by atoms with Gasteiger partial charge in [0.1, 0.15) is 5.75 Å². The van der Waals surface area contributed by atoms with Gasteiger partial charge in [-0.3, -0.25) is 0 Å². The van der Waals surface area contributed by atoms with Crippen molar-refractivity contribution in [2.45, 2.75) is 33.4 Å². The number of fused-ring (bicyclic) bond motifs is 1. The molecule has 144 valence electrons. The van der Waals surface area contributed by atoms with Gasteiger partial charge in [0, 0.05) is 26.5 Å². The van der Waals surface area contributed by atoms with Crippen molar-refractivity contribution in [2.75, 3.05) is 0 Å². The van der Waals surface area contributed by atoms with E-state index in [0.717, 1.165) is 38.0 Å². The molecule has 3 aromatic carbocycles. The maximum absolute atomic E-state index is 6.19. The maximum atomic E-state index is 6.19. The zero-order chi connectivity index (χ0) is 20.1. The van der Waals surface area contributed by atoms with Crippen molar-refractivity contribution in [3.63, 3.8) is 0 Å². The smallest absolute Gasteiger partial charge is 0.216 e. The summed E-state index contributed by atoms with van der Waals surface area (Å²) in [5.74, 6) is 0.867. The van der Waals surface area contributed by atoms with Crippen LogP contribution in [0, 0.1) is 6.92 Å². The number of aliphatic imine (C=N–C) groups is 1. The Bertz CT molecular complexity index is 983. The summed E-state index contributed by atoms with van der Waals surface area (Å²) in [5, 5.41) is 0. The average molecular weight is 501 g/mol. The fraction of sp³-hybridized carbons (Fsp3) is 0.208. The van der Waals surface area contributed by atoms with Gasteiger partial charge < -0.3 is 4.74 Å². The third-order valence-electron chi connectivity index (χ3n) is 4.52. The first-order valence-electron chi connectivity index (χ1n) is 9.43. The van der Waals surface area contributed by atoms with Crippen molar-refractivity contribution in [3.05, 3.63) is 97.9 Å². The van der Waals surface area contributed by atoms with Crippen LogP contribution < -0.4 is 4.74 Å². The van der Waals surface area contributed by atoms with Crippen molar-refractivity contribution >= 4 is 37.6 Å². The average Bonchev–Trinajstić information content (AvgIpc) is 2.72. The Morgan fingerprint density at radius 1 is 0.893 bits per heavy atom. The largest absolute Gasteiger partial charge is 0.464 e. The van der Waals surface area contributed by atoms with Gasteiger partial charge >= 0.3 is 0 Å². The summed E-state index contributed by atoms with van der Waals surface area (Å²) >= 11 is 7.13. The Balaban J connectivity index is 0.00000109. The zero-order valence-electron chi connectivity index (χ0n) is 16.2. The molecule has 4 heteroatoms. The van der Waals surface area contributed by atoms with Crippen molar-refractivity contribution in [2.24, 2.45) is 4.99 Å². The molecule has 0 aliphatic carbocycles. The number of halogens is 2. The molecular weight excluding hydrogens is 478 g/mol. The molecule has 0 bridgehead atoms. The molecule has 0 amide bonds. The van der Waals surface area contributed by atoms with E-state index in [1.165, 1.54) is 11.1 Å². The van der Waals surface area contributed by atoms with Gasteiger partial charge in [-0.1, -0.05) is 82.1 Å². The fourth-order valence-corrected chi connectivity index (χ4v) is 3.85. The Kier molecular flexibility index (Phi) is 7.08. The Morgan fingerprint density at radius 3 is 2.32 bits per heavy atom. The number of hydrogen-bond donors (Lipinski definition) is 0. The third kappa shape index (κ3) is 4.73. The predicted molar refractivity (Wildman–Crippen MR) is 124 cm³/mol. The molecular formula is C24H23Br2NO. The van der Waals surface area contributed by atoms with Crippen LogP contribution >= 0.6 is 31.9 Å². The van der Waals surface area contributed by atoms with Crippen LogP contribution in [0.1, 0.15) is 42.3 Å². The lowest BCUT2D eigenvalue weighted by Crippen LogP contribution is -2.19.